The molecule has 0 bridgehead atoms. The van der Waals surface area contributed by atoms with Crippen molar-refractivity contribution < 1.29 is 19.8 Å². The molecule has 0 saturated heterocycles. The van der Waals surface area contributed by atoms with Gasteiger partial charge in [-0.2, -0.15) is 0 Å². The van der Waals surface area contributed by atoms with Crippen LogP contribution >= 0.6 is 0 Å². The van der Waals surface area contributed by atoms with Crippen molar-refractivity contribution in [3.05, 3.63) is 0 Å². The molecule has 2 N–H and O–H groups in total. The zero-order valence-electron chi connectivity index (χ0n) is 4.13. The van der Waals surface area contributed by atoms with Crippen LogP contribution in [0.5, 0.6) is 0 Å². The zero-order valence-corrected chi connectivity index (χ0v) is 4.13. The third-order valence-corrected chi connectivity index (χ3v) is 0.553. The molecule has 0 unspecified atom stereocenters. The molecule has 0 aromatic rings. The summed E-state index contributed by atoms with van der Waals surface area (Å²) in [5, 5.41) is 15.8. The van der Waals surface area contributed by atoms with Crippen molar-refractivity contribution in [2.24, 2.45) is 0 Å². The Morgan fingerprint density at radius 1 is 0.900 bits per heavy atom. The van der Waals surface area contributed by atoms with E-state index in [1.807, 2.05) is 0 Å². The molecule has 50 valence electrons. The number of hydrogen-bond acceptors (Lipinski definition) is 2. The summed E-state index contributed by atoms with van der Waals surface area (Å²) >= 11 is 0. The molecule has 0 aliphatic carbocycles. The Labute approximate surface area is 144 Å². The SMILES string of the molecule is O=C(O)CCC(=O)O.[KH].[KH]. The van der Waals surface area contributed by atoms with Gasteiger partial charge in [-0.25, -0.2) is 0 Å². The summed E-state index contributed by atoms with van der Waals surface area (Å²) in [6.45, 7) is 0. The van der Waals surface area contributed by atoms with Crippen molar-refractivity contribution in [2.75, 3.05) is 0 Å². The Kier molecular flexibility index (Phi) is 20.3. The molecular weight excluding hydrogens is 190 g/mol. The Hall–Kier alpha value is 2.21. The summed E-state index contributed by atoms with van der Waals surface area (Å²) in [6.07, 6.45) is -0.593. The molecule has 0 aromatic heterocycles. The average molecular weight is 198 g/mol. The van der Waals surface area contributed by atoms with Crippen LogP contribution in [0.25, 0.3) is 0 Å². The van der Waals surface area contributed by atoms with Crippen LogP contribution in [-0.4, -0.2) is 125 Å². The maximum atomic E-state index is 9.64. The van der Waals surface area contributed by atoms with Gasteiger partial charge in [-0.3, -0.25) is 9.59 Å². The number of aliphatic carboxylic acids is 2. The molecule has 10 heavy (non-hydrogen) atoms. The van der Waals surface area contributed by atoms with E-state index in [-0.39, 0.29) is 116 Å². The van der Waals surface area contributed by atoms with Crippen LogP contribution in [-0.2, 0) is 9.59 Å². The Morgan fingerprint density at radius 2 is 1.10 bits per heavy atom. The van der Waals surface area contributed by atoms with Crippen LogP contribution in [0.2, 0.25) is 0 Å². The molecule has 0 aliphatic rings. The summed E-state index contributed by atoms with van der Waals surface area (Å²) in [5.41, 5.74) is 0. The van der Waals surface area contributed by atoms with Crippen molar-refractivity contribution in [1.82, 2.24) is 0 Å². The first-order valence-electron chi connectivity index (χ1n) is 2.06. The Bertz CT molecular complexity index is 99.8. The standard InChI is InChI=1S/C4H6O4.2K.2H/c5-3(6)1-2-4(7)8;;;;/h1-2H2,(H,5,6)(H,7,8);;;;. The van der Waals surface area contributed by atoms with E-state index in [9.17, 15) is 9.59 Å². The number of hydrogen-bond donors (Lipinski definition) is 2. The normalized spacial score (nSPS) is 6.80. The van der Waals surface area contributed by atoms with Crippen LogP contribution in [0.3, 0.4) is 0 Å². The van der Waals surface area contributed by atoms with Gasteiger partial charge in [0.2, 0.25) is 0 Å². The molecule has 4 nitrogen and oxygen atoms in total. The van der Waals surface area contributed by atoms with E-state index in [0.717, 1.165) is 0 Å². The fraction of sp³-hybridized carbons (Fsp3) is 0.500. The molecule has 0 saturated carbocycles. The van der Waals surface area contributed by atoms with E-state index < -0.39 is 11.9 Å². The molecule has 0 rings (SSSR count). The molecule has 0 fully saturated rings. The van der Waals surface area contributed by atoms with Crippen molar-refractivity contribution in [3.8, 4) is 0 Å². The molecule has 0 atom stereocenters. The average Bonchev–Trinajstić information content (AvgIpc) is 1.61. The molecule has 0 radical (unpaired) electrons. The molecule has 0 amide bonds. The summed E-state index contributed by atoms with van der Waals surface area (Å²) in [4.78, 5) is 19.3. The molecule has 0 heterocycles. The van der Waals surface area contributed by atoms with Gasteiger partial charge in [0.15, 0.2) is 0 Å². The van der Waals surface area contributed by atoms with Crippen molar-refractivity contribution >= 4 is 115 Å². The van der Waals surface area contributed by atoms with Gasteiger partial charge in [-0.1, -0.05) is 0 Å². The molecule has 6 heteroatoms. The summed E-state index contributed by atoms with van der Waals surface area (Å²) in [5.74, 6) is -2.15. The maximum absolute atomic E-state index is 9.64. The predicted octanol–water partition coefficient (Wildman–Crippen LogP) is -1.36. The van der Waals surface area contributed by atoms with Gasteiger partial charge in [0.25, 0.3) is 0 Å². The van der Waals surface area contributed by atoms with Crippen LogP contribution in [0.15, 0.2) is 0 Å². The summed E-state index contributed by atoms with van der Waals surface area (Å²) in [6, 6.07) is 0. The first-order valence-corrected chi connectivity index (χ1v) is 2.06. The fourth-order valence-electron chi connectivity index (χ4n) is 0.214. The van der Waals surface area contributed by atoms with Gasteiger partial charge >= 0.3 is 115 Å². The van der Waals surface area contributed by atoms with Crippen molar-refractivity contribution in [1.29, 1.82) is 0 Å². The van der Waals surface area contributed by atoms with Crippen LogP contribution < -0.4 is 0 Å². The second-order valence-electron chi connectivity index (χ2n) is 1.29. The van der Waals surface area contributed by atoms with Gasteiger partial charge in [0, 0.05) is 0 Å². The predicted molar refractivity (Wildman–Crippen MR) is 38.8 cm³/mol. The quantitative estimate of drug-likeness (QED) is 0.549. The van der Waals surface area contributed by atoms with E-state index in [1.165, 1.54) is 0 Å². The Balaban J connectivity index is -0.000000245. The minimum absolute atomic E-state index is 0. The third-order valence-electron chi connectivity index (χ3n) is 0.553. The number of rotatable bonds is 3. The topological polar surface area (TPSA) is 74.6 Å². The van der Waals surface area contributed by atoms with Crippen molar-refractivity contribution in [3.63, 3.8) is 0 Å². The van der Waals surface area contributed by atoms with Crippen LogP contribution in [0, 0.1) is 0 Å². The second kappa shape index (κ2) is 11.2. The van der Waals surface area contributed by atoms with Gasteiger partial charge in [-0.15, -0.1) is 0 Å². The summed E-state index contributed by atoms with van der Waals surface area (Å²) < 4.78 is 0. The van der Waals surface area contributed by atoms with Gasteiger partial charge < -0.3 is 10.2 Å². The van der Waals surface area contributed by atoms with Gasteiger partial charge in [0.05, 0.1) is 12.8 Å². The number of carboxylic acid groups (broad SMARTS) is 2. The van der Waals surface area contributed by atoms with E-state index in [0.29, 0.717) is 0 Å². The van der Waals surface area contributed by atoms with Crippen LogP contribution in [0.1, 0.15) is 12.8 Å². The number of carbonyl (C=O) groups is 2. The second-order valence-corrected chi connectivity index (χ2v) is 1.29. The molecule has 0 spiro atoms. The van der Waals surface area contributed by atoms with E-state index in [4.69, 9.17) is 10.2 Å². The number of carboxylic acids is 2. The first kappa shape index (κ1) is 18.1. The Morgan fingerprint density at radius 3 is 1.20 bits per heavy atom. The van der Waals surface area contributed by atoms with E-state index in [2.05, 4.69) is 0 Å². The summed E-state index contributed by atoms with van der Waals surface area (Å²) in [7, 11) is 0. The molecular formula is C4H8K2O4. The zero-order chi connectivity index (χ0) is 6.57. The van der Waals surface area contributed by atoms with E-state index in [1.54, 1.807) is 0 Å². The molecule has 0 aromatic carbocycles. The van der Waals surface area contributed by atoms with Gasteiger partial charge in [0.1, 0.15) is 0 Å². The van der Waals surface area contributed by atoms with Gasteiger partial charge in [-0.05, 0) is 0 Å². The van der Waals surface area contributed by atoms with Crippen molar-refractivity contribution in [2.45, 2.75) is 12.8 Å². The first-order chi connectivity index (χ1) is 3.63. The van der Waals surface area contributed by atoms with Crippen LogP contribution in [0.4, 0.5) is 0 Å². The minimum atomic E-state index is -1.08. The molecule has 0 aliphatic heterocycles. The third kappa shape index (κ3) is 16.7. The monoisotopic (exact) mass is 198 g/mol. The fourth-order valence-corrected chi connectivity index (χ4v) is 0.214. The van der Waals surface area contributed by atoms with E-state index >= 15 is 0 Å².